The van der Waals surface area contributed by atoms with Crippen LogP contribution in [0.1, 0.15) is 19.0 Å². The van der Waals surface area contributed by atoms with Gasteiger partial charge < -0.3 is 4.90 Å². The second kappa shape index (κ2) is 4.91. The summed E-state index contributed by atoms with van der Waals surface area (Å²) in [6, 6.07) is 0.869. The molecule has 1 fully saturated rings. The molecule has 2 rings (SSSR count). The van der Waals surface area contributed by atoms with Gasteiger partial charge in [0.15, 0.2) is 0 Å². The summed E-state index contributed by atoms with van der Waals surface area (Å²) in [5.41, 5.74) is -0.916. The summed E-state index contributed by atoms with van der Waals surface area (Å²) in [6.07, 6.45) is -2.42. The quantitative estimate of drug-likeness (QED) is 0.780. The summed E-state index contributed by atoms with van der Waals surface area (Å²) in [7, 11) is 0. The molecule has 0 spiro atoms. The standard InChI is InChI=1S/C11H13ClF3N3/c1-7-3-5-18(8(7)6-12)10-16-4-2-9(17-10)11(13,14)15/h2,4,7-8H,3,5-6H2,1H3. The SMILES string of the molecule is CC1CCN(c2nccc(C(F)(F)F)n2)C1CCl. The largest absolute Gasteiger partial charge is 0.433 e. The van der Waals surface area contributed by atoms with E-state index in [1.807, 2.05) is 6.92 Å². The van der Waals surface area contributed by atoms with Crippen LogP contribution in [0.4, 0.5) is 19.1 Å². The molecule has 7 heteroatoms. The molecule has 2 atom stereocenters. The normalized spacial score (nSPS) is 24.6. The molecule has 1 aliphatic rings. The first-order valence-electron chi connectivity index (χ1n) is 5.66. The van der Waals surface area contributed by atoms with Crippen LogP contribution in [0.5, 0.6) is 0 Å². The van der Waals surface area contributed by atoms with Crippen LogP contribution in [-0.4, -0.2) is 28.4 Å². The Balaban J connectivity index is 2.29. The molecule has 0 aromatic carbocycles. The van der Waals surface area contributed by atoms with Crippen molar-refractivity contribution in [3.05, 3.63) is 18.0 Å². The zero-order chi connectivity index (χ0) is 13.3. The Bertz CT molecular complexity index is 424. The predicted molar refractivity (Wildman–Crippen MR) is 62.7 cm³/mol. The van der Waals surface area contributed by atoms with Crippen LogP contribution in [-0.2, 0) is 6.18 Å². The number of halogens is 4. The van der Waals surface area contributed by atoms with Crippen molar-refractivity contribution in [1.82, 2.24) is 9.97 Å². The van der Waals surface area contributed by atoms with Crippen molar-refractivity contribution in [2.24, 2.45) is 5.92 Å². The lowest BCUT2D eigenvalue weighted by Gasteiger charge is -2.25. The van der Waals surface area contributed by atoms with E-state index < -0.39 is 11.9 Å². The molecule has 0 saturated carbocycles. The van der Waals surface area contributed by atoms with Gasteiger partial charge in [-0.2, -0.15) is 13.2 Å². The van der Waals surface area contributed by atoms with Crippen LogP contribution in [0.3, 0.4) is 0 Å². The Hall–Kier alpha value is -1.04. The maximum Gasteiger partial charge on any atom is 0.433 e. The van der Waals surface area contributed by atoms with Crippen molar-refractivity contribution in [1.29, 1.82) is 0 Å². The third-order valence-electron chi connectivity index (χ3n) is 3.23. The fraction of sp³-hybridized carbons (Fsp3) is 0.636. The minimum Gasteiger partial charge on any atom is -0.336 e. The minimum atomic E-state index is -4.44. The van der Waals surface area contributed by atoms with Crippen molar-refractivity contribution in [3.63, 3.8) is 0 Å². The fourth-order valence-corrected chi connectivity index (χ4v) is 2.61. The van der Waals surface area contributed by atoms with Crippen molar-refractivity contribution >= 4 is 17.5 Å². The summed E-state index contributed by atoms with van der Waals surface area (Å²) in [4.78, 5) is 9.27. The van der Waals surface area contributed by atoms with Crippen LogP contribution >= 0.6 is 11.6 Å². The molecule has 18 heavy (non-hydrogen) atoms. The average Bonchev–Trinajstić information content (AvgIpc) is 2.69. The van der Waals surface area contributed by atoms with Crippen molar-refractivity contribution in [3.8, 4) is 0 Å². The molecule has 0 radical (unpaired) electrons. The third kappa shape index (κ3) is 2.53. The number of anilines is 1. The molecule has 1 saturated heterocycles. The van der Waals surface area contributed by atoms with Gasteiger partial charge in [-0.25, -0.2) is 9.97 Å². The molecule has 0 aliphatic carbocycles. The van der Waals surface area contributed by atoms with Gasteiger partial charge in [0.25, 0.3) is 0 Å². The molecule has 0 bridgehead atoms. The Kier molecular flexibility index (Phi) is 3.66. The van der Waals surface area contributed by atoms with E-state index in [2.05, 4.69) is 9.97 Å². The first-order valence-corrected chi connectivity index (χ1v) is 6.19. The zero-order valence-electron chi connectivity index (χ0n) is 9.78. The van der Waals surface area contributed by atoms with E-state index in [-0.39, 0.29) is 12.0 Å². The molecule has 0 amide bonds. The molecule has 1 aromatic rings. The molecule has 2 unspecified atom stereocenters. The molecule has 2 heterocycles. The summed E-state index contributed by atoms with van der Waals surface area (Å²) in [6.45, 7) is 2.67. The highest BCUT2D eigenvalue weighted by molar-refractivity contribution is 6.18. The van der Waals surface area contributed by atoms with E-state index in [0.29, 0.717) is 18.3 Å². The Morgan fingerprint density at radius 2 is 2.22 bits per heavy atom. The van der Waals surface area contributed by atoms with Gasteiger partial charge in [0.05, 0.1) is 0 Å². The lowest BCUT2D eigenvalue weighted by molar-refractivity contribution is -0.141. The molecular formula is C11H13ClF3N3. The van der Waals surface area contributed by atoms with E-state index in [4.69, 9.17) is 11.6 Å². The van der Waals surface area contributed by atoms with Crippen LogP contribution in [0, 0.1) is 5.92 Å². The summed E-state index contributed by atoms with van der Waals surface area (Å²) in [5, 5.41) is 0. The average molecular weight is 280 g/mol. The lowest BCUT2D eigenvalue weighted by Crippen LogP contribution is -2.35. The highest BCUT2D eigenvalue weighted by Gasteiger charge is 2.36. The Labute approximate surface area is 108 Å². The highest BCUT2D eigenvalue weighted by atomic mass is 35.5. The van der Waals surface area contributed by atoms with Crippen LogP contribution in [0.2, 0.25) is 0 Å². The highest BCUT2D eigenvalue weighted by Crippen LogP contribution is 2.31. The zero-order valence-corrected chi connectivity index (χ0v) is 10.5. The van der Waals surface area contributed by atoms with Gasteiger partial charge in [-0.15, -0.1) is 11.6 Å². The summed E-state index contributed by atoms with van der Waals surface area (Å²) >= 11 is 5.86. The van der Waals surface area contributed by atoms with E-state index in [1.165, 1.54) is 0 Å². The molecule has 1 aromatic heterocycles. The Morgan fingerprint density at radius 3 is 2.83 bits per heavy atom. The lowest BCUT2D eigenvalue weighted by atomic mass is 10.1. The van der Waals surface area contributed by atoms with Crippen molar-refractivity contribution in [2.75, 3.05) is 17.3 Å². The molecule has 1 aliphatic heterocycles. The van der Waals surface area contributed by atoms with Gasteiger partial charge in [-0.1, -0.05) is 6.92 Å². The predicted octanol–water partition coefficient (Wildman–Crippen LogP) is 2.95. The molecule has 0 N–H and O–H groups in total. The van der Waals surface area contributed by atoms with E-state index in [0.717, 1.165) is 18.7 Å². The first kappa shape index (κ1) is 13.4. The molecule has 100 valence electrons. The number of aromatic nitrogens is 2. The number of hydrogen-bond donors (Lipinski definition) is 0. The van der Waals surface area contributed by atoms with Crippen molar-refractivity contribution < 1.29 is 13.2 Å². The summed E-state index contributed by atoms with van der Waals surface area (Å²) < 4.78 is 37.7. The van der Waals surface area contributed by atoms with E-state index in [1.54, 1.807) is 4.90 Å². The van der Waals surface area contributed by atoms with Crippen LogP contribution in [0.15, 0.2) is 12.3 Å². The minimum absolute atomic E-state index is 0.00449. The summed E-state index contributed by atoms with van der Waals surface area (Å²) in [5.74, 6) is 0.807. The number of nitrogens with zero attached hydrogens (tertiary/aromatic N) is 3. The second-order valence-electron chi connectivity index (χ2n) is 4.42. The third-order valence-corrected chi connectivity index (χ3v) is 3.55. The molecular weight excluding hydrogens is 267 g/mol. The fourth-order valence-electron chi connectivity index (χ4n) is 2.14. The monoisotopic (exact) mass is 279 g/mol. The maximum atomic E-state index is 12.6. The second-order valence-corrected chi connectivity index (χ2v) is 4.73. The topological polar surface area (TPSA) is 29.0 Å². The molecule has 3 nitrogen and oxygen atoms in total. The van der Waals surface area contributed by atoms with E-state index >= 15 is 0 Å². The van der Waals surface area contributed by atoms with Gasteiger partial charge >= 0.3 is 6.18 Å². The van der Waals surface area contributed by atoms with Gasteiger partial charge in [-0.3, -0.25) is 0 Å². The number of hydrogen-bond acceptors (Lipinski definition) is 3. The maximum absolute atomic E-state index is 12.6. The number of rotatable bonds is 2. The van der Waals surface area contributed by atoms with Crippen LogP contribution in [0.25, 0.3) is 0 Å². The van der Waals surface area contributed by atoms with Crippen molar-refractivity contribution in [2.45, 2.75) is 25.6 Å². The van der Waals surface area contributed by atoms with Gasteiger partial charge in [0.1, 0.15) is 5.69 Å². The van der Waals surface area contributed by atoms with Gasteiger partial charge in [0, 0.05) is 24.7 Å². The van der Waals surface area contributed by atoms with Gasteiger partial charge in [-0.05, 0) is 18.4 Å². The first-order chi connectivity index (χ1) is 8.43. The number of alkyl halides is 4. The smallest absolute Gasteiger partial charge is 0.336 e. The van der Waals surface area contributed by atoms with Crippen LogP contribution < -0.4 is 4.90 Å². The van der Waals surface area contributed by atoms with E-state index in [9.17, 15) is 13.2 Å². The Morgan fingerprint density at radius 1 is 1.50 bits per heavy atom. The van der Waals surface area contributed by atoms with Gasteiger partial charge in [0.2, 0.25) is 5.95 Å².